The Morgan fingerprint density at radius 3 is 2.67 bits per heavy atom. The van der Waals surface area contributed by atoms with Crippen LogP contribution in [0.1, 0.15) is 6.42 Å². The number of likely N-dealkylation sites (N-methyl/N-ethyl adjacent to an activating group) is 1. The highest BCUT2D eigenvalue weighted by Gasteiger charge is 1.94. The molecule has 0 saturated carbocycles. The smallest absolute Gasteiger partial charge is 0.0121 e. The molecule has 0 aromatic carbocycles. The third kappa shape index (κ3) is 8.70. The van der Waals surface area contributed by atoms with E-state index in [1.165, 1.54) is 10.8 Å². The van der Waals surface area contributed by atoms with Crippen molar-refractivity contribution in [2.45, 2.75) is 6.42 Å². The monoisotopic (exact) mass is 285 g/mol. The van der Waals surface area contributed by atoms with E-state index in [1.54, 1.807) is 0 Å². The average Bonchev–Trinajstić information content (AvgIpc) is 2.05. The number of nitrogens with two attached hydrogens (primary N) is 1. The van der Waals surface area contributed by atoms with Gasteiger partial charge in [-0.25, -0.2) is 0 Å². The van der Waals surface area contributed by atoms with E-state index in [-0.39, 0.29) is 0 Å². The number of rotatable bonds is 8. The van der Waals surface area contributed by atoms with Crippen molar-refractivity contribution in [2.24, 2.45) is 5.73 Å². The molecule has 4 heteroatoms. The van der Waals surface area contributed by atoms with E-state index < -0.39 is 0 Å². The maximum Gasteiger partial charge on any atom is 0.0121 e. The van der Waals surface area contributed by atoms with Crippen molar-refractivity contribution in [1.29, 1.82) is 0 Å². The van der Waals surface area contributed by atoms with Crippen molar-refractivity contribution < 1.29 is 0 Å². The molecule has 0 aromatic heterocycles. The molecule has 0 saturated heterocycles. The first-order valence-corrected chi connectivity index (χ1v) is 5.99. The summed E-state index contributed by atoms with van der Waals surface area (Å²) in [5.41, 5.74) is 5.42. The van der Waals surface area contributed by atoms with Crippen molar-refractivity contribution in [3.05, 3.63) is 0 Å². The Morgan fingerprint density at radius 1 is 1.33 bits per heavy atom. The summed E-state index contributed by atoms with van der Waals surface area (Å²) < 4.78 is 1.19. The minimum absolute atomic E-state index is 0.762. The summed E-state index contributed by atoms with van der Waals surface area (Å²) in [4.78, 5) is 2.27. The van der Waals surface area contributed by atoms with Crippen molar-refractivity contribution in [3.8, 4) is 0 Å². The second kappa shape index (κ2) is 9.70. The summed E-state index contributed by atoms with van der Waals surface area (Å²) >= 11 is 2.38. The first kappa shape index (κ1) is 12.6. The van der Waals surface area contributed by atoms with Crippen LogP contribution in [0.25, 0.3) is 0 Å². The van der Waals surface area contributed by atoms with Crippen LogP contribution in [0.5, 0.6) is 0 Å². The number of nitrogens with one attached hydrogen (secondary N) is 1. The Balaban J connectivity index is 2.97. The third-order valence-corrected chi connectivity index (χ3v) is 2.21. The van der Waals surface area contributed by atoms with Gasteiger partial charge in [-0.3, -0.25) is 0 Å². The van der Waals surface area contributed by atoms with Crippen molar-refractivity contribution in [2.75, 3.05) is 44.2 Å². The van der Waals surface area contributed by atoms with Crippen LogP contribution in [0.15, 0.2) is 0 Å². The molecule has 0 atom stereocenters. The number of nitrogens with zero attached hydrogens (tertiary/aromatic N) is 1. The zero-order valence-electron chi connectivity index (χ0n) is 7.85. The molecule has 0 radical (unpaired) electrons. The van der Waals surface area contributed by atoms with Gasteiger partial charge in [0, 0.05) is 24.1 Å². The van der Waals surface area contributed by atoms with Gasteiger partial charge in [-0.05, 0) is 26.6 Å². The molecular weight excluding hydrogens is 265 g/mol. The molecule has 0 aliphatic rings. The fourth-order valence-corrected chi connectivity index (χ4v) is 1.38. The highest BCUT2D eigenvalue weighted by atomic mass is 127. The Kier molecular flexibility index (Phi) is 10.2. The second-order valence-electron chi connectivity index (χ2n) is 2.88. The van der Waals surface area contributed by atoms with Crippen molar-refractivity contribution >= 4 is 22.6 Å². The maximum atomic E-state index is 5.42. The molecule has 0 aliphatic carbocycles. The van der Waals surface area contributed by atoms with Crippen LogP contribution < -0.4 is 11.1 Å². The lowest BCUT2D eigenvalue weighted by Gasteiger charge is -2.14. The molecule has 3 nitrogen and oxygen atoms in total. The van der Waals surface area contributed by atoms with Crippen molar-refractivity contribution in [3.63, 3.8) is 0 Å². The normalized spacial score (nSPS) is 11.0. The molecule has 0 fully saturated rings. The van der Waals surface area contributed by atoms with Gasteiger partial charge in [0.1, 0.15) is 0 Å². The molecule has 0 aromatic rings. The summed E-state index contributed by atoms with van der Waals surface area (Å²) in [6, 6.07) is 0. The van der Waals surface area contributed by atoms with E-state index in [4.69, 9.17) is 5.73 Å². The third-order valence-electron chi connectivity index (χ3n) is 1.68. The van der Waals surface area contributed by atoms with Crippen molar-refractivity contribution in [1.82, 2.24) is 10.2 Å². The standard InChI is InChI=1S/C8H20IN3/c1-12(8-4-10)7-2-5-11-6-3-9/h11H,2-8,10H2,1H3. The summed E-state index contributed by atoms with van der Waals surface area (Å²) in [6.07, 6.45) is 1.22. The van der Waals surface area contributed by atoms with Crippen LogP contribution in [0, 0.1) is 0 Å². The molecule has 0 aliphatic heterocycles. The fraction of sp³-hybridized carbons (Fsp3) is 1.00. The topological polar surface area (TPSA) is 41.3 Å². The molecule has 12 heavy (non-hydrogen) atoms. The molecule has 0 amide bonds. The zero-order chi connectivity index (χ0) is 9.23. The number of halogens is 1. The van der Waals surface area contributed by atoms with Gasteiger partial charge < -0.3 is 16.0 Å². The lowest BCUT2D eigenvalue weighted by atomic mass is 10.4. The first-order valence-electron chi connectivity index (χ1n) is 4.46. The lowest BCUT2D eigenvalue weighted by Crippen LogP contribution is -2.29. The average molecular weight is 285 g/mol. The van der Waals surface area contributed by atoms with Gasteiger partial charge in [0.25, 0.3) is 0 Å². The molecule has 3 N–H and O–H groups in total. The van der Waals surface area contributed by atoms with Crippen LogP contribution in [-0.2, 0) is 0 Å². The van der Waals surface area contributed by atoms with Gasteiger partial charge in [0.05, 0.1) is 0 Å². The van der Waals surface area contributed by atoms with E-state index >= 15 is 0 Å². The Bertz CT molecular complexity index is 90.4. The van der Waals surface area contributed by atoms with Crippen LogP contribution in [-0.4, -0.2) is 49.1 Å². The molecule has 0 spiro atoms. The van der Waals surface area contributed by atoms with E-state index in [2.05, 4.69) is 39.9 Å². The largest absolute Gasteiger partial charge is 0.329 e. The van der Waals surface area contributed by atoms with Crippen LogP contribution in [0.2, 0.25) is 0 Å². The minimum Gasteiger partial charge on any atom is -0.329 e. The Hall–Kier alpha value is 0.610. The molecule has 0 bridgehead atoms. The zero-order valence-corrected chi connectivity index (χ0v) is 10.0. The SMILES string of the molecule is CN(CCN)CCCNCCI. The summed E-state index contributed by atoms with van der Waals surface area (Å²) in [5.74, 6) is 0. The van der Waals surface area contributed by atoms with Gasteiger partial charge in [-0.2, -0.15) is 0 Å². The highest BCUT2D eigenvalue weighted by molar-refractivity contribution is 14.1. The van der Waals surface area contributed by atoms with E-state index in [0.29, 0.717) is 0 Å². The molecule has 74 valence electrons. The lowest BCUT2D eigenvalue weighted by molar-refractivity contribution is 0.336. The highest BCUT2D eigenvalue weighted by Crippen LogP contribution is 1.84. The van der Waals surface area contributed by atoms with Crippen LogP contribution >= 0.6 is 22.6 Å². The van der Waals surface area contributed by atoms with E-state index in [9.17, 15) is 0 Å². The predicted molar refractivity (Wildman–Crippen MR) is 62.9 cm³/mol. The predicted octanol–water partition coefficient (Wildman–Crippen LogP) is 0.292. The molecule has 0 unspecified atom stereocenters. The fourth-order valence-electron chi connectivity index (χ4n) is 0.998. The Morgan fingerprint density at radius 2 is 2.08 bits per heavy atom. The van der Waals surface area contributed by atoms with Crippen LogP contribution in [0.3, 0.4) is 0 Å². The van der Waals surface area contributed by atoms with E-state index in [1.807, 2.05) is 0 Å². The Labute approximate surface area is 89.2 Å². The van der Waals surface area contributed by atoms with Gasteiger partial charge in [0.2, 0.25) is 0 Å². The first-order chi connectivity index (χ1) is 5.81. The minimum atomic E-state index is 0.762. The quantitative estimate of drug-likeness (QED) is 0.383. The van der Waals surface area contributed by atoms with Gasteiger partial charge >= 0.3 is 0 Å². The van der Waals surface area contributed by atoms with E-state index in [0.717, 1.165) is 32.7 Å². The summed E-state index contributed by atoms with van der Waals surface area (Å²) in [7, 11) is 2.12. The molecular formula is C8H20IN3. The van der Waals surface area contributed by atoms with Crippen LogP contribution in [0.4, 0.5) is 0 Å². The molecule has 0 rings (SSSR count). The number of alkyl halides is 1. The number of hydrogen-bond donors (Lipinski definition) is 2. The maximum absolute atomic E-state index is 5.42. The van der Waals surface area contributed by atoms with Gasteiger partial charge in [-0.15, -0.1) is 0 Å². The molecule has 0 heterocycles. The number of hydrogen-bond acceptors (Lipinski definition) is 3. The van der Waals surface area contributed by atoms with Gasteiger partial charge in [0.15, 0.2) is 0 Å². The summed E-state index contributed by atoms with van der Waals surface area (Å²) in [5, 5.41) is 3.37. The van der Waals surface area contributed by atoms with Gasteiger partial charge in [-0.1, -0.05) is 22.6 Å². The summed E-state index contributed by atoms with van der Waals surface area (Å²) in [6.45, 7) is 5.16. The second-order valence-corrected chi connectivity index (χ2v) is 3.96.